The van der Waals surface area contributed by atoms with Crippen LogP contribution in [-0.2, 0) is 4.74 Å². The summed E-state index contributed by atoms with van der Waals surface area (Å²) in [6.07, 6.45) is 2.22. The molecule has 6 nitrogen and oxygen atoms in total. The van der Waals surface area contributed by atoms with Crippen LogP contribution < -0.4 is 11.5 Å². The maximum atomic E-state index is 12.0. The van der Waals surface area contributed by atoms with E-state index in [2.05, 4.69) is 16.8 Å². The zero-order chi connectivity index (χ0) is 17.9. The first-order chi connectivity index (χ1) is 11.2. The van der Waals surface area contributed by atoms with E-state index in [1.165, 1.54) is 6.07 Å². The smallest absolute Gasteiger partial charge is 0.410 e. The average molecular weight is 349 g/mol. The van der Waals surface area contributed by atoms with Crippen LogP contribution in [0, 0.1) is 11.8 Å². The number of halogens is 1. The average Bonchev–Trinajstić information content (AvgIpc) is 2.45. The third-order valence-corrected chi connectivity index (χ3v) is 3.51. The van der Waals surface area contributed by atoms with Crippen LogP contribution >= 0.6 is 11.6 Å². The van der Waals surface area contributed by atoms with Crippen molar-refractivity contribution < 1.29 is 9.53 Å². The lowest BCUT2D eigenvalue weighted by Crippen LogP contribution is -2.39. The Labute approximate surface area is 146 Å². The van der Waals surface area contributed by atoms with Crippen LogP contribution in [0.5, 0.6) is 0 Å². The number of amides is 1. The molecule has 0 bridgehead atoms. The highest BCUT2D eigenvalue weighted by atomic mass is 35.5. The zero-order valence-electron chi connectivity index (χ0n) is 14.0. The second-order valence-corrected chi connectivity index (χ2v) is 6.82. The molecule has 0 aromatic carbocycles. The van der Waals surface area contributed by atoms with Gasteiger partial charge in [0.15, 0.2) is 0 Å². The number of nitrogens with zero attached hydrogens (tertiary/aromatic N) is 2. The lowest BCUT2D eigenvalue weighted by Gasteiger charge is -2.28. The molecule has 1 aliphatic rings. The third-order valence-electron chi connectivity index (χ3n) is 3.23. The summed E-state index contributed by atoms with van der Waals surface area (Å²) in [4.78, 5) is 17.6. The largest absolute Gasteiger partial charge is 0.444 e. The molecule has 0 radical (unpaired) electrons. The lowest BCUT2D eigenvalue weighted by molar-refractivity contribution is 0.0267. The normalized spacial score (nSPS) is 14.5. The van der Waals surface area contributed by atoms with Crippen molar-refractivity contribution in [1.29, 1.82) is 0 Å². The van der Waals surface area contributed by atoms with E-state index in [9.17, 15) is 4.79 Å². The van der Waals surface area contributed by atoms with E-state index in [-0.39, 0.29) is 17.1 Å². The van der Waals surface area contributed by atoms with Crippen LogP contribution in [0.15, 0.2) is 17.7 Å². The van der Waals surface area contributed by atoms with Gasteiger partial charge in [-0.3, -0.25) is 0 Å². The predicted molar refractivity (Wildman–Crippen MR) is 95.5 cm³/mol. The molecule has 7 heteroatoms. The van der Waals surface area contributed by atoms with Crippen LogP contribution in [0.4, 0.5) is 16.3 Å². The van der Waals surface area contributed by atoms with Gasteiger partial charge >= 0.3 is 6.09 Å². The maximum Gasteiger partial charge on any atom is 0.410 e. The fraction of sp³-hybridized carbons (Fsp3) is 0.412. The summed E-state index contributed by atoms with van der Waals surface area (Å²) in [5.74, 6) is 6.22. The number of nitrogens with two attached hydrogens (primary N) is 2. The van der Waals surface area contributed by atoms with Crippen molar-refractivity contribution >= 4 is 29.2 Å². The molecule has 0 atom stereocenters. The number of pyridine rings is 1. The van der Waals surface area contributed by atoms with Crippen LogP contribution in [-0.4, -0.2) is 34.7 Å². The topological polar surface area (TPSA) is 94.5 Å². The number of anilines is 2. The van der Waals surface area contributed by atoms with Gasteiger partial charge in [-0.1, -0.05) is 29.5 Å². The van der Waals surface area contributed by atoms with E-state index >= 15 is 0 Å². The van der Waals surface area contributed by atoms with E-state index in [4.69, 9.17) is 27.8 Å². The molecule has 128 valence electrons. The molecule has 0 saturated carbocycles. The van der Waals surface area contributed by atoms with E-state index in [1.54, 1.807) is 4.90 Å². The zero-order valence-corrected chi connectivity index (χ0v) is 14.8. The molecule has 0 aliphatic carbocycles. The molecule has 2 heterocycles. The van der Waals surface area contributed by atoms with E-state index in [0.717, 1.165) is 5.57 Å². The van der Waals surface area contributed by atoms with Crippen LogP contribution in [0.2, 0.25) is 5.15 Å². The Hall–Kier alpha value is -2.39. The molecule has 24 heavy (non-hydrogen) atoms. The number of hydrogen-bond acceptors (Lipinski definition) is 5. The summed E-state index contributed by atoms with van der Waals surface area (Å²) in [5.41, 5.74) is 12.7. The number of carbonyl (C=O) groups excluding carboxylic acids is 1. The van der Waals surface area contributed by atoms with Gasteiger partial charge in [0.2, 0.25) is 0 Å². The predicted octanol–water partition coefficient (Wildman–Crippen LogP) is 2.82. The molecule has 1 aromatic rings. The third kappa shape index (κ3) is 4.80. The number of carbonyl (C=O) groups is 1. The highest BCUT2D eigenvalue weighted by molar-refractivity contribution is 6.31. The van der Waals surface area contributed by atoms with Crippen LogP contribution in [0.3, 0.4) is 0 Å². The minimum absolute atomic E-state index is 0.187. The second kappa shape index (κ2) is 7.02. The molecule has 0 spiro atoms. The quantitative estimate of drug-likeness (QED) is 0.555. The first-order valence-corrected chi connectivity index (χ1v) is 7.94. The Morgan fingerprint density at radius 2 is 2.08 bits per heavy atom. The number of hydrogen-bond donors (Lipinski definition) is 2. The molecule has 4 N–H and O–H groups in total. The SMILES string of the molecule is CC(C)(C)OC(=O)N1CC=C(C#Cc2c(N)cc(N)nc2Cl)CC1. The number of ether oxygens (including phenoxy) is 1. The van der Waals surface area contributed by atoms with Gasteiger partial charge in [0.1, 0.15) is 16.6 Å². The number of nitrogen functional groups attached to an aromatic ring is 2. The van der Waals surface area contributed by atoms with Gasteiger partial charge in [-0.2, -0.15) is 0 Å². The van der Waals surface area contributed by atoms with Gasteiger partial charge in [-0.25, -0.2) is 9.78 Å². The van der Waals surface area contributed by atoms with Crippen molar-refractivity contribution in [2.45, 2.75) is 32.8 Å². The van der Waals surface area contributed by atoms with E-state index < -0.39 is 5.60 Å². The van der Waals surface area contributed by atoms with Crippen molar-refractivity contribution in [2.75, 3.05) is 24.6 Å². The molecular formula is C17H21ClN4O2. The minimum Gasteiger partial charge on any atom is -0.444 e. The van der Waals surface area contributed by atoms with Gasteiger partial charge in [-0.15, -0.1) is 0 Å². The lowest BCUT2D eigenvalue weighted by atomic mass is 10.1. The molecule has 1 amide bonds. The first kappa shape index (κ1) is 18.0. The maximum absolute atomic E-state index is 12.0. The molecule has 1 aromatic heterocycles. The van der Waals surface area contributed by atoms with Crippen LogP contribution in [0.25, 0.3) is 0 Å². The summed E-state index contributed by atoms with van der Waals surface area (Å²) in [6, 6.07) is 1.52. The van der Waals surface area contributed by atoms with E-state index in [0.29, 0.717) is 30.8 Å². The summed E-state index contributed by atoms with van der Waals surface area (Å²) >= 11 is 6.02. The van der Waals surface area contributed by atoms with Gasteiger partial charge in [0.25, 0.3) is 0 Å². The van der Waals surface area contributed by atoms with Crippen molar-refractivity contribution in [1.82, 2.24) is 9.88 Å². The molecule has 0 unspecified atom stereocenters. The summed E-state index contributed by atoms with van der Waals surface area (Å²) in [6.45, 7) is 6.55. The molecule has 0 saturated heterocycles. The fourth-order valence-electron chi connectivity index (χ4n) is 2.09. The highest BCUT2D eigenvalue weighted by Crippen LogP contribution is 2.22. The fourth-order valence-corrected chi connectivity index (χ4v) is 2.35. The summed E-state index contributed by atoms with van der Waals surface area (Å²) < 4.78 is 5.35. The molecular weight excluding hydrogens is 328 g/mol. The summed E-state index contributed by atoms with van der Waals surface area (Å²) in [7, 11) is 0. The van der Waals surface area contributed by atoms with E-state index in [1.807, 2.05) is 26.8 Å². The van der Waals surface area contributed by atoms with Crippen molar-refractivity contribution in [3.8, 4) is 11.8 Å². The van der Waals surface area contributed by atoms with Gasteiger partial charge in [0, 0.05) is 24.7 Å². The Bertz CT molecular complexity index is 718. The number of rotatable bonds is 0. The Balaban J connectivity index is 2.06. The Morgan fingerprint density at radius 3 is 2.62 bits per heavy atom. The van der Waals surface area contributed by atoms with Gasteiger partial charge in [0.05, 0.1) is 11.3 Å². The molecule has 1 aliphatic heterocycles. The van der Waals surface area contributed by atoms with Gasteiger partial charge < -0.3 is 21.1 Å². The second-order valence-electron chi connectivity index (χ2n) is 6.46. The van der Waals surface area contributed by atoms with Crippen molar-refractivity contribution in [3.63, 3.8) is 0 Å². The van der Waals surface area contributed by atoms with Crippen molar-refractivity contribution in [3.05, 3.63) is 28.4 Å². The van der Waals surface area contributed by atoms with Crippen LogP contribution in [0.1, 0.15) is 32.8 Å². The standard InChI is InChI=1S/C17H21ClN4O2/c1-17(2,3)24-16(23)22-8-6-11(7-9-22)4-5-12-13(19)10-14(20)21-15(12)18/h6,10H,7-9H2,1-3H3,(H4,19,20,21). The van der Waals surface area contributed by atoms with Crippen molar-refractivity contribution in [2.24, 2.45) is 0 Å². The Kier molecular flexibility index (Phi) is 5.25. The number of aromatic nitrogens is 1. The molecule has 2 rings (SSSR count). The molecule has 0 fully saturated rings. The minimum atomic E-state index is -0.503. The first-order valence-electron chi connectivity index (χ1n) is 7.56. The summed E-state index contributed by atoms with van der Waals surface area (Å²) in [5, 5.41) is 0.187. The Morgan fingerprint density at radius 1 is 1.38 bits per heavy atom. The highest BCUT2D eigenvalue weighted by Gasteiger charge is 2.23. The monoisotopic (exact) mass is 348 g/mol. The van der Waals surface area contributed by atoms with Gasteiger partial charge in [-0.05, 0) is 27.2 Å².